The van der Waals surface area contributed by atoms with E-state index in [9.17, 15) is 13.2 Å². The number of allylic oxidation sites excluding steroid dienone is 16. The number of hydrogen-bond donors (Lipinski definition) is 0. The molecule has 54 heavy (non-hydrogen) atoms. The van der Waals surface area contributed by atoms with Crippen LogP contribution < -0.4 is 24.8 Å². The third-order valence-corrected chi connectivity index (χ3v) is 25.9. The van der Waals surface area contributed by atoms with Gasteiger partial charge in [-0.2, -0.15) is 0 Å². The van der Waals surface area contributed by atoms with Crippen LogP contribution in [0.4, 0.5) is 13.2 Å². The first-order chi connectivity index (χ1) is 24.5. The molecule has 2 saturated carbocycles. The van der Waals surface area contributed by atoms with Crippen molar-refractivity contribution < 1.29 is 59.3 Å². The van der Waals surface area contributed by atoms with Gasteiger partial charge in [0, 0.05) is 0 Å². The average Bonchev–Trinajstić information content (AvgIpc) is 3.71. The first-order valence-corrected chi connectivity index (χ1v) is 22.8. The molecule has 9 unspecified atom stereocenters. The molecule has 6 aliphatic carbocycles. The summed E-state index contributed by atoms with van der Waals surface area (Å²) >= 11 is -3.36. The summed E-state index contributed by atoms with van der Waals surface area (Å²) in [5, 5.41) is 0. The van der Waals surface area contributed by atoms with Crippen LogP contribution in [-0.2, 0) is 27.4 Å². The molecule has 6 heteroatoms. The van der Waals surface area contributed by atoms with Crippen LogP contribution in [0.2, 0.25) is 3.63 Å². The maximum Gasteiger partial charge on any atom is -1.00 e. The molecule has 2 aromatic carbocycles. The van der Waals surface area contributed by atoms with Gasteiger partial charge in [-0.3, -0.25) is 0 Å². The maximum atomic E-state index is 14.5. The molecule has 282 valence electrons. The van der Waals surface area contributed by atoms with Gasteiger partial charge in [0.25, 0.3) is 0 Å². The molecular formula is C48H51Cl2F3Zr. The quantitative estimate of drug-likeness (QED) is 0.312. The molecule has 2 aromatic rings. The van der Waals surface area contributed by atoms with Crippen LogP contribution in [0.3, 0.4) is 0 Å². The molecule has 0 N–H and O–H groups in total. The summed E-state index contributed by atoms with van der Waals surface area (Å²) in [7, 11) is 0. The van der Waals surface area contributed by atoms with Gasteiger partial charge in [0.1, 0.15) is 0 Å². The van der Waals surface area contributed by atoms with Crippen LogP contribution in [0.25, 0.3) is 0 Å². The Kier molecular flexibility index (Phi) is 10.1. The Hall–Kier alpha value is -2.52. The topological polar surface area (TPSA) is 0 Å². The molecule has 0 aliphatic heterocycles. The van der Waals surface area contributed by atoms with E-state index in [0.717, 1.165) is 17.5 Å². The molecule has 0 heterocycles. The van der Waals surface area contributed by atoms with E-state index >= 15 is 0 Å². The van der Waals surface area contributed by atoms with Crippen molar-refractivity contribution >= 4 is 3.21 Å². The molecule has 0 saturated heterocycles. The maximum absolute atomic E-state index is 14.5. The van der Waals surface area contributed by atoms with Crippen molar-refractivity contribution in [3.8, 4) is 0 Å². The van der Waals surface area contributed by atoms with E-state index in [1.165, 1.54) is 24.2 Å². The zero-order valence-corrected chi connectivity index (χ0v) is 36.5. The molecule has 0 bridgehead atoms. The Morgan fingerprint density at radius 2 is 1.24 bits per heavy atom. The largest absolute Gasteiger partial charge is 1.00 e. The predicted molar refractivity (Wildman–Crippen MR) is 206 cm³/mol. The van der Waals surface area contributed by atoms with Crippen molar-refractivity contribution in [1.29, 1.82) is 0 Å². The molecule has 0 amide bonds. The van der Waals surface area contributed by atoms with Crippen molar-refractivity contribution in [2.45, 2.75) is 71.6 Å². The van der Waals surface area contributed by atoms with Crippen molar-refractivity contribution in [3.05, 3.63) is 165 Å². The predicted octanol–water partition coefficient (Wildman–Crippen LogP) is 6.99. The number of benzene rings is 2. The van der Waals surface area contributed by atoms with Gasteiger partial charge < -0.3 is 24.8 Å². The number of hydrogen-bond acceptors (Lipinski definition) is 0. The Balaban J connectivity index is 0.00000249. The van der Waals surface area contributed by atoms with Crippen molar-refractivity contribution in [2.75, 3.05) is 0 Å². The first kappa shape index (κ1) is 41.1. The molecule has 0 radical (unpaired) electrons. The van der Waals surface area contributed by atoms with E-state index in [4.69, 9.17) is 0 Å². The summed E-state index contributed by atoms with van der Waals surface area (Å²) in [5.41, 5.74) is 0.744. The van der Waals surface area contributed by atoms with E-state index in [-0.39, 0.29) is 72.3 Å². The van der Waals surface area contributed by atoms with Crippen LogP contribution in [0.15, 0.2) is 149 Å². The van der Waals surface area contributed by atoms with Crippen LogP contribution in [0, 0.1) is 43.8 Å². The molecule has 2 fully saturated rings. The molecule has 0 nitrogen and oxygen atoms in total. The summed E-state index contributed by atoms with van der Waals surface area (Å²) in [4.78, 5) is 0. The second-order valence-corrected chi connectivity index (χ2v) is 23.9. The third kappa shape index (κ3) is 4.69. The zero-order valence-electron chi connectivity index (χ0n) is 32.5. The summed E-state index contributed by atoms with van der Waals surface area (Å²) in [5.74, 6) is 0.187. The van der Waals surface area contributed by atoms with Crippen molar-refractivity contribution in [2.24, 2.45) is 43.8 Å². The standard InChI is InChI=1S/C29H37.C14H9F3.C5H5.2ClH.Zr/c1-21-14-13-15-22-20-27(6)25(4)18-10-9-16-23(25,2)24(3)17-11-12-19-26(24,5)29(27,8)28(21,22)7;15-14(16,17)13-8-4-7-12(10-13)9-11-5-2-1-3-6-11;1-2-4-5-3-1;;;/h9-20,22H,1-8H3;1-8,10H;1-3H,4H2;2*1H;/q;;;;;+2/p-2. The number of fused-ring (bicyclic) bond motifs is 8. The van der Waals surface area contributed by atoms with Crippen LogP contribution in [-0.4, -0.2) is 3.21 Å². The van der Waals surface area contributed by atoms with Gasteiger partial charge in [-0.1, -0.05) is 0 Å². The van der Waals surface area contributed by atoms with Crippen molar-refractivity contribution in [3.63, 3.8) is 0 Å². The third-order valence-electron chi connectivity index (χ3n) is 16.7. The monoisotopic (exact) mass is 844 g/mol. The molecular weight excluding hydrogens is 796 g/mol. The van der Waals surface area contributed by atoms with E-state index in [1.54, 1.807) is 6.07 Å². The Morgan fingerprint density at radius 3 is 1.83 bits per heavy atom. The minimum Gasteiger partial charge on any atom is -1.00 e. The second-order valence-electron chi connectivity index (χ2n) is 17.6. The van der Waals surface area contributed by atoms with Crippen LogP contribution >= 0.6 is 0 Å². The number of halogens is 5. The van der Waals surface area contributed by atoms with Gasteiger partial charge in [0.15, 0.2) is 0 Å². The zero-order chi connectivity index (χ0) is 37.2. The van der Waals surface area contributed by atoms with E-state index in [1.807, 2.05) is 12.1 Å². The van der Waals surface area contributed by atoms with Crippen LogP contribution in [0.1, 0.15) is 78.5 Å². The summed E-state index contributed by atoms with van der Waals surface area (Å²) in [6.45, 7) is 20.3. The average molecular weight is 847 g/mol. The first-order valence-electron chi connectivity index (χ1n) is 18.9. The second kappa shape index (κ2) is 13.3. The van der Waals surface area contributed by atoms with Crippen molar-refractivity contribution in [1.82, 2.24) is 0 Å². The van der Waals surface area contributed by atoms with Gasteiger partial charge in [-0.25, -0.2) is 0 Å². The van der Waals surface area contributed by atoms with Crippen LogP contribution in [0.5, 0.6) is 0 Å². The van der Waals surface area contributed by atoms with Gasteiger partial charge in [0.2, 0.25) is 0 Å². The molecule has 0 spiro atoms. The van der Waals surface area contributed by atoms with E-state index in [0.29, 0.717) is 0 Å². The summed E-state index contributed by atoms with van der Waals surface area (Å²) in [6, 6.07) is 16.7. The fourth-order valence-electron chi connectivity index (χ4n) is 13.3. The Morgan fingerprint density at radius 1 is 0.667 bits per heavy atom. The number of alkyl halides is 3. The van der Waals surface area contributed by atoms with Gasteiger partial charge in [-0.05, 0) is 0 Å². The van der Waals surface area contributed by atoms with Gasteiger partial charge in [-0.15, -0.1) is 0 Å². The fraction of sp³-hybridized carbons (Fsp3) is 0.396. The van der Waals surface area contributed by atoms with E-state index < -0.39 is 33.0 Å². The molecule has 8 rings (SSSR count). The summed E-state index contributed by atoms with van der Waals surface area (Å²) < 4.78 is 46.5. The molecule has 9 atom stereocenters. The normalized spacial score (nSPS) is 39.6. The Labute approximate surface area is 340 Å². The Bertz CT molecular complexity index is 2150. The number of rotatable bonds is 4. The fourth-order valence-corrected chi connectivity index (χ4v) is 24.5. The SMILES string of the molecule is CC1=CC=CC2[CH](/[Zr+2]([C]3=CC=CC3)=[C](\c3ccccc3)c3cccc(C(F)(F)F)c3)C3(C)C4(C)C=CC=CC4(C)C4(C)C=CC=CC4(C)C3(C)C12C.[Cl-].[Cl-]. The molecule has 0 aromatic heterocycles. The summed E-state index contributed by atoms with van der Waals surface area (Å²) in [6.07, 6.45) is 29.7. The molecule has 6 aliphatic rings. The van der Waals surface area contributed by atoms with Gasteiger partial charge >= 0.3 is 318 Å². The minimum atomic E-state index is -4.43. The smallest absolute Gasteiger partial charge is 1.00 e. The van der Waals surface area contributed by atoms with Gasteiger partial charge in [0.05, 0.1) is 0 Å². The van der Waals surface area contributed by atoms with E-state index in [2.05, 4.69) is 165 Å². The minimum absolute atomic E-state index is 0.